The second kappa shape index (κ2) is 6.19. The Morgan fingerprint density at radius 3 is 2.76 bits per heavy atom. The Hall–Kier alpha value is -1.34. The second-order valence-electron chi connectivity index (χ2n) is 5.60. The summed E-state index contributed by atoms with van der Waals surface area (Å²) in [6.07, 6.45) is 4.85. The first-order valence-electron chi connectivity index (χ1n) is 7.19. The number of aromatic carboxylic acids is 1. The lowest BCUT2D eigenvalue weighted by molar-refractivity contribution is 0.0661. The van der Waals surface area contributed by atoms with Gasteiger partial charge in [-0.15, -0.1) is 0 Å². The largest absolute Gasteiger partial charge is 0.475 e. The predicted octanol–water partition coefficient (Wildman–Crippen LogP) is 2.53. The molecule has 2 N–H and O–H groups in total. The van der Waals surface area contributed by atoms with Crippen molar-refractivity contribution in [3.8, 4) is 0 Å². The van der Waals surface area contributed by atoms with E-state index in [0.29, 0.717) is 5.92 Å². The van der Waals surface area contributed by atoms with Crippen molar-refractivity contribution in [2.45, 2.75) is 56.9 Å². The molecule has 1 aromatic rings. The molecule has 118 valence electrons. The molecular formula is C14H21NO5S. The van der Waals surface area contributed by atoms with Gasteiger partial charge in [0.1, 0.15) is 10.7 Å². The first kappa shape index (κ1) is 16.0. The van der Waals surface area contributed by atoms with E-state index in [-0.39, 0.29) is 22.5 Å². The van der Waals surface area contributed by atoms with E-state index in [1.165, 1.54) is 6.92 Å². The molecule has 0 aliphatic heterocycles. The average Bonchev–Trinajstić information content (AvgIpc) is 2.81. The maximum Gasteiger partial charge on any atom is 0.371 e. The number of aryl methyl sites for hydroxylation is 1. The highest BCUT2D eigenvalue weighted by Crippen LogP contribution is 2.28. The summed E-state index contributed by atoms with van der Waals surface area (Å²) in [5.74, 6) is -0.986. The standard InChI is InChI=1S/C14H21NO5S/c1-3-10-5-4-6-11(7-10)15-21(18,19)13-8-12(14(16)17)20-9(13)2/h8,10-11,15H,3-7H2,1-2H3,(H,16,17). The number of hydrogen-bond donors (Lipinski definition) is 2. The zero-order valence-corrected chi connectivity index (χ0v) is 13.1. The van der Waals surface area contributed by atoms with Gasteiger partial charge in [-0.1, -0.05) is 26.2 Å². The lowest BCUT2D eigenvalue weighted by Gasteiger charge is -2.28. The number of hydrogen-bond acceptors (Lipinski definition) is 4. The molecule has 0 amide bonds. The van der Waals surface area contributed by atoms with Crippen LogP contribution in [0.3, 0.4) is 0 Å². The van der Waals surface area contributed by atoms with E-state index in [2.05, 4.69) is 11.6 Å². The molecule has 1 heterocycles. The van der Waals surface area contributed by atoms with Crippen molar-refractivity contribution in [2.75, 3.05) is 0 Å². The minimum Gasteiger partial charge on any atom is -0.475 e. The van der Waals surface area contributed by atoms with Crippen molar-refractivity contribution >= 4 is 16.0 Å². The van der Waals surface area contributed by atoms with Gasteiger partial charge in [-0.25, -0.2) is 17.9 Å². The van der Waals surface area contributed by atoms with Gasteiger partial charge in [0.15, 0.2) is 0 Å². The van der Waals surface area contributed by atoms with Crippen LogP contribution in [0.15, 0.2) is 15.4 Å². The number of furan rings is 1. The molecule has 1 aliphatic rings. The van der Waals surface area contributed by atoms with Crippen molar-refractivity contribution in [2.24, 2.45) is 5.92 Å². The fraction of sp³-hybridized carbons (Fsp3) is 0.643. The van der Waals surface area contributed by atoms with E-state index < -0.39 is 16.0 Å². The summed E-state index contributed by atoms with van der Waals surface area (Å²) < 4.78 is 32.4. The van der Waals surface area contributed by atoms with Gasteiger partial charge in [-0.05, 0) is 25.7 Å². The Balaban J connectivity index is 2.16. The highest BCUT2D eigenvalue weighted by molar-refractivity contribution is 7.89. The van der Waals surface area contributed by atoms with Crippen LogP contribution in [-0.4, -0.2) is 25.5 Å². The SMILES string of the molecule is CCC1CCCC(NS(=O)(=O)c2cc(C(=O)O)oc2C)C1. The topological polar surface area (TPSA) is 96.6 Å². The lowest BCUT2D eigenvalue weighted by Crippen LogP contribution is -2.38. The third-order valence-electron chi connectivity index (χ3n) is 4.05. The molecule has 1 fully saturated rings. The molecule has 7 heteroatoms. The van der Waals surface area contributed by atoms with Crippen LogP contribution in [0.25, 0.3) is 0 Å². The number of carboxylic acid groups (broad SMARTS) is 1. The summed E-state index contributed by atoms with van der Waals surface area (Å²) in [6.45, 7) is 3.57. The van der Waals surface area contributed by atoms with Crippen LogP contribution < -0.4 is 4.72 Å². The molecule has 21 heavy (non-hydrogen) atoms. The summed E-state index contributed by atoms with van der Waals surface area (Å²) in [7, 11) is -3.74. The van der Waals surface area contributed by atoms with Crippen LogP contribution in [0.1, 0.15) is 55.3 Å². The van der Waals surface area contributed by atoms with E-state index >= 15 is 0 Å². The molecule has 0 aromatic carbocycles. The fourth-order valence-corrected chi connectivity index (χ4v) is 4.35. The summed E-state index contributed by atoms with van der Waals surface area (Å²) >= 11 is 0. The Kier molecular flexibility index (Phi) is 4.73. The predicted molar refractivity (Wildman–Crippen MR) is 76.8 cm³/mol. The molecule has 1 aliphatic carbocycles. The van der Waals surface area contributed by atoms with Gasteiger partial charge in [0.25, 0.3) is 0 Å². The average molecular weight is 315 g/mol. The van der Waals surface area contributed by atoms with Gasteiger partial charge >= 0.3 is 5.97 Å². The smallest absolute Gasteiger partial charge is 0.371 e. The Morgan fingerprint density at radius 2 is 2.19 bits per heavy atom. The Morgan fingerprint density at radius 1 is 1.48 bits per heavy atom. The van der Waals surface area contributed by atoms with Gasteiger partial charge in [-0.2, -0.15) is 0 Å². The van der Waals surface area contributed by atoms with E-state index in [4.69, 9.17) is 9.52 Å². The van der Waals surface area contributed by atoms with Crippen molar-refractivity contribution in [3.05, 3.63) is 17.6 Å². The van der Waals surface area contributed by atoms with Crippen LogP contribution in [-0.2, 0) is 10.0 Å². The first-order chi connectivity index (χ1) is 9.83. The zero-order chi connectivity index (χ0) is 15.6. The number of sulfonamides is 1. The molecule has 6 nitrogen and oxygen atoms in total. The van der Waals surface area contributed by atoms with Crippen LogP contribution >= 0.6 is 0 Å². The van der Waals surface area contributed by atoms with Gasteiger partial charge < -0.3 is 9.52 Å². The number of carboxylic acids is 1. The van der Waals surface area contributed by atoms with Gasteiger partial charge in [0, 0.05) is 12.1 Å². The van der Waals surface area contributed by atoms with Gasteiger partial charge in [-0.3, -0.25) is 0 Å². The summed E-state index contributed by atoms with van der Waals surface area (Å²) in [5, 5.41) is 8.87. The minimum absolute atomic E-state index is 0.0847. The summed E-state index contributed by atoms with van der Waals surface area (Å²) in [6, 6.07) is 0.983. The quantitative estimate of drug-likeness (QED) is 0.870. The molecule has 2 atom stereocenters. The molecule has 2 rings (SSSR count). The second-order valence-corrected chi connectivity index (χ2v) is 7.28. The van der Waals surface area contributed by atoms with Crippen molar-refractivity contribution in [1.29, 1.82) is 0 Å². The third kappa shape index (κ3) is 3.65. The highest BCUT2D eigenvalue weighted by Gasteiger charge is 2.29. The number of nitrogens with one attached hydrogen (secondary N) is 1. The number of carbonyl (C=O) groups is 1. The van der Waals surface area contributed by atoms with E-state index in [9.17, 15) is 13.2 Å². The van der Waals surface area contributed by atoms with Crippen LogP contribution in [0.2, 0.25) is 0 Å². The summed E-state index contributed by atoms with van der Waals surface area (Å²) in [4.78, 5) is 10.8. The van der Waals surface area contributed by atoms with E-state index in [0.717, 1.165) is 38.2 Å². The molecular weight excluding hydrogens is 294 g/mol. The molecule has 2 unspecified atom stereocenters. The van der Waals surface area contributed by atoms with Crippen LogP contribution in [0.5, 0.6) is 0 Å². The maximum atomic E-state index is 12.4. The summed E-state index contributed by atoms with van der Waals surface area (Å²) in [5.41, 5.74) is 0. The zero-order valence-electron chi connectivity index (χ0n) is 12.3. The monoisotopic (exact) mass is 315 g/mol. The Labute approximate surface area is 124 Å². The van der Waals surface area contributed by atoms with Crippen LogP contribution in [0.4, 0.5) is 0 Å². The molecule has 1 aromatic heterocycles. The molecule has 1 saturated carbocycles. The third-order valence-corrected chi connectivity index (χ3v) is 5.68. The van der Waals surface area contributed by atoms with Gasteiger partial charge in [0.05, 0.1) is 0 Å². The Bertz CT molecular complexity index is 619. The van der Waals surface area contributed by atoms with Crippen molar-refractivity contribution < 1.29 is 22.7 Å². The van der Waals surface area contributed by atoms with E-state index in [1.54, 1.807) is 0 Å². The van der Waals surface area contributed by atoms with Crippen molar-refractivity contribution in [1.82, 2.24) is 4.72 Å². The fourth-order valence-electron chi connectivity index (χ4n) is 2.89. The molecule has 0 bridgehead atoms. The minimum atomic E-state index is -3.74. The molecule has 0 saturated heterocycles. The first-order valence-corrected chi connectivity index (χ1v) is 8.68. The lowest BCUT2D eigenvalue weighted by atomic mass is 9.85. The molecule has 0 radical (unpaired) electrons. The van der Waals surface area contributed by atoms with E-state index in [1.807, 2.05) is 0 Å². The van der Waals surface area contributed by atoms with Gasteiger partial charge in [0.2, 0.25) is 15.8 Å². The highest BCUT2D eigenvalue weighted by atomic mass is 32.2. The normalized spacial score (nSPS) is 23.1. The number of rotatable bonds is 5. The maximum absolute atomic E-state index is 12.4. The van der Waals surface area contributed by atoms with Crippen LogP contribution in [0, 0.1) is 12.8 Å². The molecule has 0 spiro atoms. The van der Waals surface area contributed by atoms with Crippen molar-refractivity contribution in [3.63, 3.8) is 0 Å².